The van der Waals surface area contributed by atoms with E-state index in [9.17, 15) is 10.1 Å². The molecule has 224 valence electrons. The van der Waals surface area contributed by atoms with E-state index in [0.717, 1.165) is 56.0 Å². The van der Waals surface area contributed by atoms with E-state index in [0.29, 0.717) is 18.8 Å². The fourth-order valence-corrected chi connectivity index (χ4v) is 6.56. The first kappa shape index (κ1) is 32.8. The number of ether oxygens (including phenoxy) is 1. The molecule has 3 aromatic rings. The van der Waals surface area contributed by atoms with Crippen LogP contribution in [0, 0.1) is 66.7 Å². The first-order chi connectivity index (χ1) is 19.4. The molecule has 1 aromatic heterocycles. The second kappa shape index (κ2) is 11.9. The lowest BCUT2D eigenvalue weighted by Gasteiger charge is -2.35. The quantitative estimate of drug-likeness (QED) is 0.288. The maximum atomic E-state index is 11.2. The highest BCUT2D eigenvalue weighted by Crippen LogP contribution is 2.42. The minimum atomic E-state index is -0.147. The van der Waals surface area contributed by atoms with Gasteiger partial charge in [-0.25, -0.2) is 9.97 Å². The molecule has 0 saturated heterocycles. The van der Waals surface area contributed by atoms with Crippen molar-refractivity contribution in [3.63, 3.8) is 0 Å². The molecule has 3 rings (SSSR count). The molecule has 0 aliphatic carbocycles. The second-order valence-electron chi connectivity index (χ2n) is 13.7. The molecule has 1 heterocycles. The van der Waals surface area contributed by atoms with Crippen LogP contribution in [0.5, 0.6) is 0 Å². The number of carbonyl (C=O) groups is 1. The van der Waals surface area contributed by atoms with Crippen LogP contribution in [0.4, 0.5) is 11.6 Å². The maximum absolute atomic E-state index is 11.2. The van der Waals surface area contributed by atoms with E-state index in [1.807, 2.05) is 34.6 Å². The molecule has 0 spiro atoms. The van der Waals surface area contributed by atoms with Crippen LogP contribution in [0.25, 0.3) is 0 Å². The van der Waals surface area contributed by atoms with E-state index in [4.69, 9.17) is 14.7 Å². The van der Waals surface area contributed by atoms with Gasteiger partial charge in [-0.2, -0.15) is 5.26 Å². The highest BCUT2D eigenvalue weighted by Gasteiger charge is 2.32. The summed E-state index contributed by atoms with van der Waals surface area (Å²) < 4.78 is 5.31. The van der Waals surface area contributed by atoms with E-state index in [2.05, 4.69) is 73.7 Å². The lowest BCUT2D eigenvalue weighted by atomic mass is 9.70. The van der Waals surface area contributed by atoms with Crippen molar-refractivity contribution in [3.05, 3.63) is 78.1 Å². The Morgan fingerprint density at radius 2 is 1.24 bits per heavy atom. The van der Waals surface area contributed by atoms with Crippen molar-refractivity contribution in [3.8, 4) is 6.07 Å². The number of nitriles is 1. The molecule has 6 nitrogen and oxygen atoms in total. The molecule has 0 radical (unpaired) electrons. The number of aryl methyl sites for hydroxylation is 1. The van der Waals surface area contributed by atoms with Crippen LogP contribution in [-0.4, -0.2) is 16.4 Å². The molecule has 0 aliphatic heterocycles. The largest absolute Gasteiger partial charge is 0.463 e. The van der Waals surface area contributed by atoms with Gasteiger partial charge in [0.2, 0.25) is 5.95 Å². The van der Waals surface area contributed by atoms with Gasteiger partial charge < -0.3 is 10.1 Å². The number of carbonyl (C=O) groups excluding carboxylic acids is 1. The summed E-state index contributed by atoms with van der Waals surface area (Å²) in [6, 6.07) is 2.36. The monoisotopic (exact) mass is 568 g/mol. The SMILES string of the molecule is Cc1nc(Nc2c(C)c(C)c(C#N)c(C)c2C)nc(Cc2c(C(C)(C)C)c(C)c(COC=O)c(C)c2C(C)(C)C)c1C. The number of hydrogen-bond donors (Lipinski definition) is 1. The standard InChI is InChI=1S/C36H48N4O2/c1-19-21(3)33(22(4)20(2)28(19)16-37)40-34-38-26(8)23(5)30(39-34)15-27-31(35(9,10)11)24(6)29(17-42-18-41)25(7)32(27)36(12,13)14/h18H,15,17H2,1-14H3,(H,38,39,40). The van der Waals surface area contributed by atoms with Crippen molar-refractivity contribution in [2.24, 2.45) is 0 Å². The summed E-state index contributed by atoms with van der Waals surface area (Å²) in [6.07, 6.45) is 0.656. The van der Waals surface area contributed by atoms with E-state index in [-0.39, 0.29) is 17.4 Å². The Morgan fingerprint density at radius 1 is 0.738 bits per heavy atom. The molecule has 2 aromatic carbocycles. The Balaban J connectivity index is 2.30. The topological polar surface area (TPSA) is 87.9 Å². The van der Waals surface area contributed by atoms with Gasteiger partial charge in [0.1, 0.15) is 6.61 Å². The summed E-state index contributed by atoms with van der Waals surface area (Å²) in [5.74, 6) is 0.557. The maximum Gasteiger partial charge on any atom is 0.293 e. The first-order valence-electron chi connectivity index (χ1n) is 14.7. The van der Waals surface area contributed by atoms with Gasteiger partial charge in [0.15, 0.2) is 0 Å². The second-order valence-corrected chi connectivity index (χ2v) is 13.7. The number of rotatable bonds is 7. The van der Waals surface area contributed by atoms with Crippen molar-refractivity contribution in [2.75, 3.05) is 5.32 Å². The molecule has 0 bridgehead atoms. The molecule has 0 atom stereocenters. The third-order valence-electron chi connectivity index (χ3n) is 8.86. The van der Waals surface area contributed by atoms with E-state index in [1.165, 1.54) is 27.8 Å². The molecule has 0 aliphatic rings. The minimum absolute atomic E-state index is 0.147. The zero-order valence-electron chi connectivity index (χ0n) is 28.1. The summed E-state index contributed by atoms with van der Waals surface area (Å²) in [5, 5.41) is 13.2. The Morgan fingerprint density at radius 3 is 1.67 bits per heavy atom. The molecular formula is C36H48N4O2. The van der Waals surface area contributed by atoms with Gasteiger partial charge in [-0.15, -0.1) is 0 Å². The lowest BCUT2D eigenvalue weighted by molar-refractivity contribution is -0.129. The van der Waals surface area contributed by atoms with Crippen LogP contribution in [0.2, 0.25) is 0 Å². The summed E-state index contributed by atoms with van der Waals surface area (Å²) in [5.41, 5.74) is 15.6. The van der Waals surface area contributed by atoms with Gasteiger partial charge in [-0.3, -0.25) is 4.79 Å². The van der Waals surface area contributed by atoms with E-state index >= 15 is 0 Å². The Hall–Kier alpha value is -3.72. The number of nitrogens with zero attached hydrogens (tertiary/aromatic N) is 3. The lowest BCUT2D eigenvalue weighted by Crippen LogP contribution is -2.26. The highest BCUT2D eigenvalue weighted by atomic mass is 16.5. The summed E-state index contributed by atoms with van der Waals surface area (Å²) in [4.78, 5) is 21.1. The Labute approximate surface area is 253 Å². The van der Waals surface area contributed by atoms with Crippen LogP contribution in [0.3, 0.4) is 0 Å². The van der Waals surface area contributed by atoms with Crippen molar-refractivity contribution in [1.82, 2.24) is 9.97 Å². The molecule has 1 N–H and O–H groups in total. The number of nitrogens with one attached hydrogen (secondary N) is 1. The van der Waals surface area contributed by atoms with Crippen molar-refractivity contribution in [2.45, 2.75) is 121 Å². The van der Waals surface area contributed by atoms with Crippen molar-refractivity contribution in [1.29, 1.82) is 5.26 Å². The van der Waals surface area contributed by atoms with Gasteiger partial charge in [0, 0.05) is 17.8 Å². The third kappa shape index (κ3) is 6.07. The van der Waals surface area contributed by atoms with Crippen LogP contribution >= 0.6 is 0 Å². The summed E-state index contributed by atoms with van der Waals surface area (Å²) in [6.45, 7) is 30.8. The Kier molecular flexibility index (Phi) is 9.27. The average Bonchev–Trinajstić information content (AvgIpc) is 2.87. The summed E-state index contributed by atoms with van der Waals surface area (Å²) >= 11 is 0. The predicted molar refractivity (Wildman–Crippen MR) is 172 cm³/mol. The number of hydrogen-bond acceptors (Lipinski definition) is 6. The normalized spacial score (nSPS) is 11.8. The smallest absolute Gasteiger partial charge is 0.293 e. The average molecular weight is 569 g/mol. The highest BCUT2D eigenvalue weighted by molar-refractivity contribution is 5.70. The van der Waals surface area contributed by atoms with Gasteiger partial charge in [0.05, 0.1) is 17.3 Å². The van der Waals surface area contributed by atoms with Crippen LogP contribution in [0.1, 0.15) is 120 Å². The minimum Gasteiger partial charge on any atom is -0.463 e. The third-order valence-corrected chi connectivity index (χ3v) is 8.86. The zero-order chi connectivity index (χ0) is 31.9. The number of anilines is 2. The zero-order valence-corrected chi connectivity index (χ0v) is 28.1. The van der Waals surface area contributed by atoms with E-state index < -0.39 is 0 Å². The fourth-order valence-electron chi connectivity index (χ4n) is 6.56. The van der Waals surface area contributed by atoms with Crippen molar-refractivity contribution < 1.29 is 9.53 Å². The van der Waals surface area contributed by atoms with Crippen LogP contribution in [-0.2, 0) is 33.4 Å². The first-order valence-corrected chi connectivity index (χ1v) is 14.7. The van der Waals surface area contributed by atoms with E-state index in [1.54, 1.807) is 0 Å². The van der Waals surface area contributed by atoms with Crippen LogP contribution < -0.4 is 5.32 Å². The molecule has 0 unspecified atom stereocenters. The van der Waals surface area contributed by atoms with Crippen molar-refractivity contribution >= 4 is 18.1 Å². The van der Waals surface area contributed by atoms with Crippen LogP contribution in [0.15, 0.2) is 0 Å². The molecule has 0 saturated carbocycles. The van der Waals surface area contributed by atoms with Gasteiger partial charge in [-0.05, 0) is 127 Å². The molecule has 0 amide bonds. The Bertz CT molecular complexity index is 1530. The van der Waals surface area contributed by atoms with Gasteiger partial charge in [0.25, 0.3) is 6.47 Å². The van der Waals surface area contributed by atoms with Gasteiger partial charge >= 0.3 is 0 Å². The predicted octanol–water partition coefficient (Wildman–Crippen LogP) is 8.42. The number of benzene rings is 2. The summed E-state index contributed by atoms with van der Waals surface area (Å²) in [7, 11) is 0. The molecule has 6 heteroatoms. The van der Waals surface area contributed by atoms with Gasteiger partial charge in [-0.1, -0.05) is 41.5 Å². The molecular weight excluding hydrogens is 520 g/mol. The number of aromatic nitrogens is 2. The fraction of sp³-hybridized carbons (Fsp3) is 0.500. The molecule has 42 heavy (non-hydrogen) atoms. The molecule has 0 fully saturated rings.